The predicted octanol–water partition coefficient (Wildman–Crippen LogP) is 1.73. The molecule has 27 heavy (non-hydrogen) atoms. The molecule has 0 unspecified atom stereocenters. The van der Waals surface area contributed by atoms with Crippen molar-refractivity contribution in [1.29, 1.82) is 0 Å². The number of aliphatic hydroxyl groups is 1. The molecule has 1 atom stereocenters. The summed E-state index contributed by atoms with van der Waals surface area (Å²) in [5.74, 6) is 0.716. The van der Waals surface area contributed by atoms with Gasteiger partial charge in [0.05, 0.1) is 5.60 Å². The van der Waals surface area contributed by atoms with Gasteiger partial charge in [0.25, 0.3) is 0 Å². The van der Waals surface area contributed by atoms with Crippen molar-refractivity contribution in [2.45, 2.75) is 58.0 Å². The minimum atomic E-state index is -0.648. The van der Waals surface area contributed by atoms with Crippen LogP contribution in [0.5, 0.6) is 0 Å². The number of carbonyl (C=O) groups is 1. The number of hydrogen-bond acceptors (Lipinski definition) is 6. The van der Waals surface area contributed by atoms with Gasteiger partial charge in [-0.15, -0.1) is 0 Å². The number of likely N-dealkylation sites (tertiary alicyclic amines) is 2. The highest BCUT2D eigenvalue weighted by molar-refractivity contribution is 5.76. The average molecular weight is 376 g/mol. The summed E-state index contributed by atoms with van der Waals surface area (Å²) >= 11 is 0. The Morgan fingerprint density at radius 3 is 2.52 bits per heavy atom. The summed E-state index contributed by atoms with van der Waals surface area (Å²) in [5.41, 5.74) is 1.19. The maximum Gasteiger partial charge on any atom is 0.224 e. The summed E-state index contributed by atoms with van der Waals surface area (Å²) in [5, 5.41) is 14.1. The van der Waals surface area contributed by atoms with E-state index < -0.39 is 5.60 Å². The summed E-state index contributed by atoms with van der Waals surface area (Å²) in [6, 6.07) is 1.93. The van der Waals surface area contributed by atoms with Crippen LogP contribution in [0.15, 0.2) is 6.07 Å². The molecule has 0 aliphatic carbocycles. The second-order valence-electron chi connectivity index (χ2n) is 8.09. The fourth-order valence-corrected chi connectivity index (χ4v) is 4.19. The highest BCUT2D eigenvalue weighted by atomic mass is 16.3. The van der Waals surface area contributed by atoms with Crippen molar-refractivity contribution in [3.8, 4) is 0 Å². The SMILES string of the molecule is Cc1cc(C)nc(NCCC(=O)N2CCC[C@@](O)(CN3CCCC3)CC2)n1. The molecule has 1 amide bonds. The van der Waals surface area contributed by atoms with Crippen LogP contribution in [0, 0.1) is 13.8 Å². The van der Waals surface area contributed by atoms with E-state index in [0.717, 1.165) is 50.4 Å². The van der Waals surface area contributed by atoms with Crippen molar-refractivity contribution in [2.75, 3.05) is 44.6 Å². The Hall–Kier alpha value is -1.73. The lowest BCUT2D eigenvalue weighted by Crippen LogP contribution is -2.43. The molecule has 1 aromatic heterocycles. The first-order chi connectivity index (χ1) is 12.9. The zero-order valence-electron chi connectivity index (χ0n) is 16.7. The van der Waals surface area contributed by atoms with Crippen molar-refractivity contribution in [3.05, 3.63) is 17.5 Å². The Kier molecular flexibility index (Phi) is 6.65. The van der Waals surface area contributed by atoms with Crippen LogP contribution in [0.4, 0.5) is 5.95 Å². The Morgan fingerprint density at radius 2 is 1.81 bits per heavy atom. The fraction of sp³-hybridized carbons (Fsp3) is 0.750. The van der Waals surface area contributed by atoms with E-state index in [4.69, 9.17) is 0 Å². The second kappa shape index (κ2) is 8.97. The lowest BCUT2D eigenvalue weighted by atomic mass is 9.94. The number of nitrogens with one attached hydrogen (secondary N) is 1. The maximum absolute atomic E-state index is 12.6. The van der Waals surface area contributed by atoms with Gasteiger partial charge in [-0.25, -0.2) is 9.97 Å². The standard InChI is InChI=1S/C20H33N5O2/c1-16-14-17(2)23-19(22-16)21-9-6-18(26)25-12-5-7-20(27,8-13-25)15-24-10-3-4-11-24/h14,27H,3-13,15H2,1-2H3,(H,21,22,23)/t20-/m0/s1. The monoisotopic (exact) mass is 375 g/mol. The number of hydrogen-bond donors (Lipinski definition) is 2. The number of aryl methyl sites for hydroxylation is 2. The van der Waals surface area contributed by atoms with E-state index in [1.807, 2.05) is 24.8 Å². The third-order valence-corrected chi connectivity index (χ3v) is 5.59. The molecule has 2 fully saturated rings. The molecule has 3 rings (SSSR count). The maximum atomic E-state index is 12.6. The molecule has 2 aliphatic rings. The average Bonchev–Trinajstić information content (AvgIpc) is 3.01. The van der Waals surface area contributed by atoms with Gasteiger partial charge in [0.2, 0.25) is 11.9 Å². The zero-order valence-corrected chi connectivity index (χ0v) is 16.7. The van der Waals surface area contributed by atoms with E-state index in [-0.39, 0.29) is 5.91 Å². The van der Waals surface area contributed by atoms with Gasteiger partial charge in [0, 0.05) is 44.0 Å². The Balaban J connectivity index is 1.44. The van der Waals surface area contributed by atoms with Crippen molar-refractivity contribution >= 4 is 11.9 Å². The lowest BCUT2D eigenvalue weighted by Gasteiger charge is -2.31. The van der Waals surface area contributed by atoms with Crippen LogP contribution in [0.1, 0.15) is 49.9 Å². The van der Waals surface area contributed by atoms with Crippen LogP contribution in [-0.4, -0.2) is 75.7 Å². The quantitative estimate of drug-likeness (QED) is 0.788. The number of anilines is 1. The van der Waals surface area contributed by atoms with Crippen LogP contribution < -0.4 is 5.32 Å². The van der Waals surface area contributed by atoms with E-state index in [1.54, 1.807) is 0 Å². The molecule has 7 heteroatoms. The molecular formula is C20H33N5O2. The molecule has 2 saturated heterocycles. The first kappa shape index (κ1) is 20.0. The minimum Gasteiger partial charge on any atom is -0.388 e. The van der Waals surface area contributed by atoms with Gasteiger partial charge in [-0.2, -0.15) is 0 Å². The molecule has 0 aromatic carbocycles. The van der Waals surface area contributed by atoms with Gasteiger partial charge in [-0.3, -0.25) is 4.79 Å². The number of rotatable bonds is 6. The third-order valence-electron chi connectivity index (χ3n) is 5.59. The van der Waals surface area contributed by atoms with Gasteiger partial charge in [0.15, 0.2) is 0 Å². The third kappa shape index (κ3) is 5.87. The van der Waals surface area contributed by atoms with E-state index in [0.29, 0.717) is 31.9 Å². The van der Waals surface area contributed by atoms with Crippen LogP contribution in [0.3, 0.4) is 0 Å². The molecule has 0 spiro atoms. The molecule has 150 valence electrons. The fourth-order valence-electron chi connectivity index (χ4n) is 4.19. The largest absolute Gasteiger partial charge is 0.388 e. The predicted molar refractivity (Wildman–Crippen MR) is 106 cm³/mol. The smallest absolute Gasteiger partial charge is 0.224 e. The lowest BCUT2D eigenvalue weighted by molar-refractivity contribution is -0.131. The second-order valence-corrected chi connectivity index (χ2v) is 8.09. The molecule has 0 saturated carbocycles. The zero-order chi connectivity index (χ0) is 19.3. The molecule has 1 aromatic rings. The number of amides is 1. The van der Waals surface area contributed by atoms with Crippen LogP contribution in [0.2, 0.25) is 0 Å². The summed E-state index contributed by atoms with van der Waals surface area (Å²) in [6.45, 7) is 8.71. The normalized spacial score (nSPS) is 24.0. The summed E-state index contributed by atoms with van der Waals surface area (Å²) in [6.07, 6.45) is 5.20. The molecule has 7 nitrogen and oxygen atoms in total. The van der Waals surface area contributed by atoms with E-state index in [2.05, 4.69) is 20.2 Å². The summed E-state index contributed by atoms with van der Waals surface area (Å²) < 4.78 is 0. The number of β-amino-alcohol motifs (C(OH)–C–C–N with tert-alkyl or cyclic N) is 1. The number of aromatic nitrogens is 2. The summed E-state index contributed by atoms with van der Waals surface area (Å²) in [4.78, 5) is 25.5. The van der Waals surface area contributed by atoms with Gasteiger partial charge in [-0.1, -0.05) is 0 Å². The van der Waals surface area contributed by atoms with E-state index in [9.17, 15) is 9.90 Å². The molecule has 0 radical (unpaired) electrons. The van der Waals surface area contributed by atoms with Gasteiger partial charge in [-0.05, 0) is 65.1 Å². The Bertz CT molecular complexity index is 627. The Labute approximate surface area is 162 Å². The number of carbonyl (C=O) groups excluding carboxylic acids is 1. The van der Waals surface area contributed by atoms with Crippen molar-refractivity contribution in [3.63, 3.8) is 0 Å². The van der Waals surface area contributed by atoms with Crippen molar-refractivity contribution in [1.82, 2.24) is 19.8 Å². The minimum absolute atomic E-state index is 0.136. The van der Waals surface area contributed by atoms with Crippen molar-refractivity contribution < 1.29 is 9.90 Å². The topological polar surface area (TPSA) is 81.6 Å². The van der Waals surface area contributed by atoms with Crippen LogP contribution >= 0.6 is 0 Å². The first-order valence-electron chi connectivity index (χ1n) is 10.2. The van der Waals surface area contributed by atoms with E-state index >= 15 is 0 Å². The van der Waals surface area contributed by atoms with Gasteiger partial charge in [0.1, 0.15) is 0 Å². The van der Waals surface area contributed by atoms with E-state index in [1.165, 1.54) is 12.8 Å². The molecule has 0 bridgehead atoms. The number of nitrogens with zero attached hydrogens (tertiary/aromatic N) is 4. The molecule has 2 N–H and O–H groups in total. The Morgan fingerprint density at radius 1 is 1.11 bits per heavy atom. The van der Waals surface area contributed by atoms with Crippen LogP contribution in [0.25, 0.3) is 0 Å². The molecule has 2 aliphatic heterocycles. The first-order valence-corrected chi connectivity index (χ1v) is 10.2. The van der Waals surface area contributed by atoms with Gasteiger partial charge >= 0.3 is 0 Å². The highest BCUT2D eigenvalue weighted by Gasteiger charge is 2.33. The molecular weight excluding hydrogens is 342 g/mol. The van der Waals surface area contributed by atoms with Gasteiger partial charge < -0.3 is 20.2 Å². The van der Waals surface area contributed by atoms with Crippen molar-refractivity contribution in [2.24, 2.45) is 0 Å². The summed E-state index contributed by atoms with van der Waals surface area (Å²) in [7, 11) is 0. The molecule has 3 heterocycles. The van der Waals surface area contributed by atoms with Crippen LogP contribution in [-0.2, 0) is 4.79 Å². The highest BCUT2D eigenvalue weighted by Crippen LogP contribution is 2.25.